The molecule has 5 nitrogen and oxygen atoms in total. The molecule has 23 heavy (non-hydrogen) atoms. The zero-order valence-corrected chi connectivity index (χ0v) is 13.6. The second-order valence-electron chi connectivity index (χ2n) is 6.08. The van der Waals surface area contributed by atoms with Crippen LogP contribution in [0.1, 0.15) is 25.7 Å². The smallest absolute Gasteiger partial charge is 0.356 e. The molecule has 134 valence electrons. The Hall–Kier alpha value is -1.02. The number of carbonyl (C=O) groups excluding carboxylic acids is 2. The van der Waals surface area contributed by atoms with E-state index < -0.39 is 24.5 Å². The lowest BCUT2D eigenvalue weighted by Crippen LogP contribution is -2.38. The average molecular weight is 358 g/mol. The topological polar surface area (TPSA) is 61.4 Å². The van der Waals surface area contributed by atoms with Crippen molar-refractivity contribution in [3.8, 4) is 0 Å². The number of amides is 2. The van der Waals surface area contributed by atoms with E-state index in [2.05, 4.69) is 10.6 Å². The molecule has 2 unspecified atom stereocenters. The maximum absolute atomic E-state index is 12.3. The van der Waals surface area contributed by atoms with Crippen LogP contribution in [0, 0.1) is 11.8 Å². The van der Waals surface area contributed by atoms with Crippen molar-refractivity contribution in [2.45, 2.75) is 31.9 Å². The first-order chi connectivity index (χ1) is 10.3. The summed E-state index contributed by atoms with van der Waals surface area (Å²) in [6.45, 7) is 1.06. The van der Waals surface area contributed by atoms with Gasteiger partial charge in [-0.3, -0.25) is 9.59 Å². The quantitative estimate of drug-likeness (QED) is 0.780. The minimum Gasteiger partial charge on any atom is -0.356 e. The molecule has 0 bridgehead atoms. The highest BCUT2D eigenvalue weighted by Crippen LogP contribution is 2.24. The number of likely N-dealkylation sites (tertiary alicyclic amines) is 1. The van der Waals surface area contributed by atoms with Crippen LogP contribution in [-0.4, -0.2) is 55.6 Å². The van der Waals surface area contributed by atoms with Crippen LogP contribution in [0.5, 0.6) is 0 Å². The van der Waals surface area contributed by atoms with Gasteiger partial charge >= 0.3 is 6.18 Å². The van der Waals surface area contributed by atoms with E-state index >= 15 is 0 Å². The predicted molar refractivity (Wildman–Crippen MR) is 81.2 cm³/mol. The molecule has 9 heteroatoms. The van der Waals surface area contributed by atoms with Crippen LogP contribution in [-0.2, 0) is 9.59 Å². The van der Waals surface area contributed by atoms with Crippen molar-refractivity contribution in [3.63, 3.8) is 0 Å². The summed E-state index contributed by atoms with van der Waals surface area (Å²) < 4.78 is 37.0. The normalized spacial score (nSPS) is 25.2. The molecule has 0 spiro atoms. The number of carbonyl (C=O) groups is 2. The second kappa shape index (κ2) is 8.73. The van der Waals surface area contributed by atoms with E-state index in [0.29, 0.717) is 12.5 Å². The molecule has 0 aliphatic carbocycles. The summed E-state index contributed by atoms with van der Waals surface area (Å²) in [4.78, 5) is 24.2. The minimum atomic E-state index is -4.42. The van der Waals surface area contributed by atoms with Crippen molar-refractivity contribution < 1.29 is 22.8 Å². The van der Waals surface area contributed by atoms with E-state index in [1.165, 1.54) is 0 Å². The summed E-state index contributed by atoms with van der Waals surface area (Å²) in [7, 11) is 0. The van der Waals surface area contributed by atoms with Crippen molar-refractivity contribution in [2.75, 3.05) is 32.7 Å². The summed E-state index contributed by atoms with van der Waals surface area (Å²) >= 11 is 0. The zero-order valence-electron chi connectivity index (χ0n) is 12.8. The third-order valence-corrected chi connectivity index (χ3v) is 4.21. The van der Waals surface area contributed by atoms with E-state index in [1.54, 1.807) is 0 Å². The predicted octanol–water partition coefficient (Wildman–Crippen LogP) is 1.32. The van der Waals surface area contributed by atoms with E-state index in [0.717, 1.165) is 37.3 Å². The van der Waals surface area contributed by atoms with Crippen molar-refractivity contribution in [3.05, 3.63) is 0 Å². The summed E-state index contributed by atoms with van der Waals surface area (Å²) in [5.41, 5.74) is 0. The molecule has 2 atom stereocenters. The van der Waals surface area contributed by atoms with Crippen molar-refractivity contribution in [1.82, 2.24) is 15.5 Å². The van der Waals surface area contributed by atoms with Gasteiger partial charge in [0, 0.05) is 19.5 Å². The van der Waals surface area contributed by atoms with Crippen LogP contribution in [0.3, 0.4) is 0 Å². The molecule has 2 aliphatic rings. The first-order valence-corrected chi connectivity index (χ1v) is 7.68. The van der Waals surface area contributed by atoms with Gasteiger partial charge in [-0.15, -0.1) is 12.4 Å². The summed E-state index contributed by atoms with van der Waals surface area (Å²) in [5.74, 6) is -1.06. The number of hydrogen-bond acceptors (Lipinski definition) is 3. The largest absolute Gasteiger partial charge is 0.406 e. The van der Waals surface area contributed by atoms with E-state index in [9.17, 15) is 22.8 Å². The first kappa shape index (κ1) is 20.0. The van der Waals surface area contributed by atoms with E-state index in [-0.39, 0.29) is 31.3 Å². The Morgan fingerprint density at radius 1 is 1.39 bits per heavy atom. The highest BCUT2D eigenvalue weighted by Gasteiger charge is 2.40. The fraction of sp³-hybridized carbons (Fsp3) is 0.857. The van der Waals surface area contributed by atoms with Crippen molar-refractivity contribution >= 4 is 24.2 Å². The van der Waals surface area contributed by atoms with Crippen LogP contribution in [0.25, 0.3) is 0 Å². The number of nitrogens with one attached hydrogen (secondary N) is 2. The maximum atomic E-state index is 12.3. The Kier molecular flexibility index (Phi) is 7.60. The monoisotopic (exact) mass is 357 g/mol. The summed E-state index contributed by atoms with van der Waals surface area (Å²) in [5, 5.41) is 6.04. The first-order valence-electron chi connectivity index (χ1n) is 7.68. The molecule has 2 rings (SSSR count). The highest BCUT2D eigenvalue weighted by molar-refractivity contribution is 5.89. The lowest BCUT2D eigenvalue weighted by Gasteiger charge is -2.23. The van der Waals surface area contributed by atoms with E-state index in [4.69, 9.17) is 0 Å². The molecule has 2 aliphatic heterocycles. The Balaban J connectivity index is 0.00000264. The maximum Gasteiger partial charge on any atom is 0.406 e. The van der Waals surface area contributed by atoms with Crippen LogP contribution in [0.2, 0.25) is 0 Å². The van der Waals surface area contributed by atoms with Crippen LogP contribution in [0.15, 0.2) is 0 Å². The summed E-state index contributed by atoms with van der Waals surface area (Å²) in [6.07, 6.45) is -1.44. The fourth-order valence-corrected chi connectivity index (χ4v) is 3.03. The average Bonchev–Trinajstić information content (AvgIpc) is 2.79. The third-order valence-electron chi connectivity index (χ3n) is 4.21. The molecule has 2 N–H and O–H groups in total. The minimum absolute atomic E-state index is 0. The van der Waals surface area contributed by atoms with Crippen LogP contribution in [0.4, 0.5) is 13.2 Å². The van der Waals surface area contributed by atoms with Gasteiger partial charge in [0.05, 0.1) is 5.92 Å². The van der Waals surface area contributed by atoms with Gasteiger partial charge in [-0.25, -0.2) is 0 Å². The molecule has 0 aromatic carbocycles. The van der Waals surface area contributed by atoms with Gasteiger partial charge in [-0.05, 0) is 38.3 Å². The van der Waals surface area contributed by atoms with Crippen LogP contribution < -0.4 is 10.6 Å². The fourth-order valence-electron chi connectivity index (χ4n) is 3.03. The standard InChI is InChI=1S/C14H22F3N3O2.ClH/c15-14(16,17)9-20-8-11(6-12(20)21)13(22)19-5-3-10-2-1-4-18-7-10;/h10-11,18H,1-9H2,(H,19,22);1H. The molecular formula is C14H23ClF3N3O2. The molecule has 2 heterocycles. The number of alkyl halides is 3. The molecular weight excluding hydrogens is 335 g/mol. The molecule has 0 radical (unpaired) electrons. The van der Waals surface area contributed by atoms with Gasteiger partial charge < -0.3 is 15.5 Å². The van der Waals surface area contributed by atoms with Crippen molar-refractivity contribution in [1.29, 1.82) is 0 Å². The second-order valence-corrected chi connectivity index (χ2v) is 6.08. The number of hydrogen-bond donors (Lipinski definition) is 2. The van der Waals surface area contributed by atoms with Gasteiger partial charge in [0.15, 0.2) is 0 Å². The lowest BCUT2D eigenvalue weighted by atomic mass is 9.96. The van der Waals surface area contributed by atoms with Gasteiger partial charge in [0.25, 0.3) is 0 Å². The zero-order chi connectivity index (χ0) is 16.2. The van der Waals surface area contributed by atoms with Gasteiger partial charge in [0.2, 0.25) is 11.8 Å². The number of rotatable bonds is 5. The Bertz CT molecular complexity index is 415. The third kappa shape index (κ3) is 6.55. The van der Waals surface area contributed by atoms with Gasteiger partial charge in [-0.2, -0.15) is 13.2 Å². The Morgan fingerprint density at radius 2 is 2.13 bits per heavy atom. The lowest BCUT2D eigenvalue weighted by molar-refractivity contribution is -0.157. The number of halogens is 4. The van der Waals surface area contributed by atoms with E-state index in [1.807, 2.05) is 0 Å². The Morgan fingerprint density at radius 3 is 2.74 bits per heavy atom. The molecule has 2 amide bonds. The van der Waals surface area contributed by atoms with Crippen LogP contribution >= 0.6 is 12.4 Å². The number of piperidine rings is 1. The van der Waals surface area contributed by atoms with Crippen molar-refractivity contribution in [2.24, 2.45) is 11.8 Å². The summed E-state index contributed by atoms with van der Waals surface area (Å²) in [6, 6.07) is 0. The molecule has 2 fully saturated rings. The molecule has 0 saturated carbocycles. The van der Waals surface area contributed by atoms with Gasteiger partial charge in [-0.1, -0.05) is 0 Å². The number of nitrogens with zero attached hydrogens (tertiary/aromatic N) is 1. The Labute approximate surface area is 139 Å². The molecule has 0 aromatic rings. The highest BCUT2D eigenvalue weighted by atomic mass is 35.5. The van der Waals surface area contributed by atoms with Gasteiger partial charge in [0.1, 0.15) is 6.54 Å². The molecule has 0 aromatic heterocycles. The SMILES string of the molecule is Cl.O=C(NCCC1CCCNC1)C1CC(=O)N(CC(F)(F)F)C1. The molecule has 2 saturated heterocycles.